The van der Waals surface area contributed by atoms with Gasteiger partial charge in [-0.05, 0) is 61.1 Å². The van der Waals surface area contributed by atoms with E-state index in [1.807, 2.05) is 33.8 Å². The van der Waals surface area contributed by atoms with E-state index in [2.05, 4.69) is 5.32 Å². The van der Waals surface area contributed by atoms with Gasteiger partial charge in [-0.25, -0.2) is 8.42 Å². The van der Waals surface area contributed by atoms with Crippen molar-refractivity contribution in [2.24, 2.45) is 5.92 Å². The number of sulfonamides is 1. The van der Waals surface area contributed by atoms with Crippen LogP contribution in [0.25, 0.3) is 0 Å². The van der Waals surface area contributed by atoms with E-state index in [-0.39, 0.29) is 43.7 Å². The summed E-state index contributed by atoms with van der Waals surface area (Å²) in [6, 6.07) is 11.6. The first-order chi connectivity index (χ1) is 17.3. The Hall–Kier alpha value is -2.29. The lowest BCUT2D eigenvalue weighted by molar-refractivity contribution is -0.141. The van der Waals surface area contributed by atoms with E-state index in [1.54, 1.807) is 36.4 Å². The highest BCUT2D eigenvalue weighted by atomic mass is 35.5. The fourth-order valence-electron chi connectivity index (χ4n) is 3.96. The normalized spacial score (nSPS) is 12.3. The van der Waals surface area contributed by atoms with Gasteiger partial charge in [-0.3, -0.25) is 13.9 Å². The third kappa shape index (κ3) is 9.51. The standard InChI is InChI=1S/C27H37Cl2N3O4S/c1-6-25(27(34)30-17-19(2)3)31(18-21-12-13-22(28)16-24(21)29)26(33)11-8-14-32(37(5,35)36)23-10-7-9-20(4)15-23/h7,9-10,12-13,15-16,19,25H,6,8,11,14,17-18H2,1-5H3,(H,30,34)/t25-/m1/s1. The van der Waals surface area contributed by atoms with Crippen LogP contribution in [0.1, 0.15) is 51.2 Å². The Labute approximate surface area is 231 Å². The smallest absolute Gasteiger partial charge is 0.242 e. The molecule has 0 heterocycles. The number of hydrogen-bond acceptors (Lipinski definition) is 4. The van der Waals surface area contributed by atoms with Crippen molar-refractivity contribution in [2.45, 2.75) is 59.5 Å². The molecule has 2 aromatic carbocycles. The number of rotatable bonds is 13. The van der Waals surface area contributed by atoms with E-state index in [1.165, 1.54) is 9.21 Å². The Morgan fingerprint density at radius 3 is 2.35 bits per heavy atom. The molecule has 0 aliphatic rings. The molecule has 0 saturated heterocycles. The summed E-state index contributed by atoms with van der Waals surface area (Å²) in [5.74, 6) is -0.220. The van der Waals surface area contributed by atoms with Crippen molar-refractivity contribution in [3.63, 3.8) is 0 Å². The Balaban J connectivity index is 2.25. The highest BCUT2D eigenvalue weighted by Crippen LogP contribution is 2.25. The molecule has 0 aliphatic heterocycles. The average molecular weight is 571 g/mol. The number of hydrogen-bond donors (Lipinski definition) is 1. The maximum absolute atomic E-state index is 13.5. The van der Waals surface area contributed by atoms with Crippen LogP contribution in [0.2, 0.25) is 10.0 Å². The van der Waals surface area contributed by atoms with E-state index >= 15 is 0 Å². The monoisotopic (exact) mass is 569 g/mol. The zero-order valence-electron chi connectivity index (χ0n) is 22.1. The molecule has 0 fully saturated rings. The highest BCUT2D eigenvalue weighted by Gasteiger charge is 2.29. The molecule has 2 amide bonds. The quantitative estimate of drug-likeness (QED) is 0.348. The molecule has 0 radical (unpaired) electrons. The lowest BCUT2D eigenvalue weighted by Gasteiger charge is -2.31. The maximum atomic E-state index is 13.5. The van der Waals surface area contributed by atoms with Crippen LogP contribution in [-0.2, 0) is 26.2 Å². The second kappa shape index (κ2) is 14.0. The van der Waals surface area contributed by atoms with E-state index in [9.17, 15) is 18.0 Å². The van der Waals surface area contributed by atoms with Gasteiger partial charge >= 0.3 is 0 Å². The van der Waals surface area contributed by atoms with Crippen molar-refractivity contribution in [3.05, 3.63) is 63.6 Å². The summed E-state index contributed by atoms with van der Waals surface area (Å²) in [5.41, 5.74) is 2.16. The van der Waals surface area contributed by atoms with Gasteiger partial charge in [0.1, 0.15) is 6.04 Å². The number of halogens is 2. The third-order valence-corrected chi connectivity index (χ3v) is 7.65. The number of aryl methyl sites for hydroxylation is 1. The van der Waals surface area contributed by atoms with Crippen LogP contribution in [-0.4, -0.2) is 50.5 Å². The summed E-state index contributed by atoms with van der Waals surface area (Å²) < 4.78 is 26.3. The number of anilines is 1. The molecule has 204 valence electrons. The molecule has 0 bridgehead atoms. The molecule has 10 heteroatoms. The molecule has 0 aliphatic carbocycles. The minimum Gasteiger partial charge on any atom is -0.354 e. The second-order valence-corrected chi connectivity index (χ2v) is 12.3. The molecule has 0 saturated carbocycles. The number of nitrogens with zero attached hydrogens (tertiary/aromatic N) is 2. The van der Waals surface area contributed by atoms with Gasteiger partial charge in [0.15, 0.2) is 0 Å². The van der Waals surface area contributed by atoms with Gasteiger partial charge in [-0.2, -0.15) is 0 Å². The van der Waals surface area contributed by atoms with Gasteiger partial charge in [0.05, 0.1) is 11.9 Å². The molecule has 37 heavy (non-hydrogen) atoms. The number of nitrogens with one attached hydrogen (secondary N) is 1. The largest absolute Gasteiger partial charge is 0.354 e. The number of amides is 2. The van der Waals surface area contributed by atoms with Crippen LogP contribution in [0.3, 0.4) is 0 Å². The van der Waals surface area contributed by atoms with Crippen molar-refractivity contribution < 1.29 is 18.0 Å². The maximum Gasteiger partial charge on any atom is 0.242 e. The first kappa shape index (κ1) is 30.9. The van der Waals surface area contributed by atoms with E-state index in [4.69, 9.17) is 23.2 Å². The predicted octanol–water partition coefficient (Wildman–Crippen LogP) is 5.43. The Morgan fingerprint density at radius 2 is 1.78 bits per heavy atom. The first-order valence-corrected chi connectivity index (χ1v) is 15.0. The topological polar surface area (TPSA) is 86.8 Å². The average Bonchev–Trinajstić information content (AvgIpc) is 2.80. The van der Waals surface area contributed by atoms with E-state index in [0.717, 1.165) is 11.8 Å². The van der Waals surface area contributed by atoms with Gasteiger partial charge in [-0.15, -0.1) is 0 Å². The van der Waals surface area contributed by atoms with E-state index < -0.39 is 16.1 Å². The van der Waals surface area contributed by atoms with Crippen LogP contribution in [0.15, 0.2) is 42.5 Å². The Bertz CT molecular complexity index is 1190. The zero-order chi connectivity index (χ0) is 27.8. The minimum atomic E-state index is -3.55. The molecule has 0 spiro atoms. The SMILES string of the molecule is CC[C@H](C(=O)NCC(C)C)N(Cc1ccc(Cl)cc1Cl)C(=O)CCCN(c1cccc(C)c1)S(C)(=O)=O. The van der Waals surface area contributed by atoms with Gasteiger partial charge in [0.25, 0.3) is 0 Å². The molecule has 1 atom stereocenters. The van der Waals surface area contributed by atoms with Gasteiger partial charge in [-0.1, -0.05) is 62.2 Å². The van der Waals surface area contributed by atoms with E-state index in [0.29, 0.717) is 34.3 Å². The Kier molecular flexibility index (Phi) is 11.7. The van der Waals surface area contributed by atoms with Gasteiger partial charge in [0.2, 0.25) is 21.8 Å². The molecular formula is C27H37Cl2N3O4S. The van der Waals surface area contributed by atoms with Crippen molar-refractivity contribution in [3.8, 4) is 0 Å². The summed E-state index contributed by atoms with van der Waals surface area (Å²) in [6.45, 7) is 8.52. The molecule has 2 aromatic rings. The minimum absolute atomic E-state index is 0.0665. The fourth-order valence-corrected chi connectivity index (χ4v) is 5.39. The summed E-state index contributed by atoms with van der Waals surface area (Å²) in [4.78, 5) is 28.1. The number of benzene rings is 2. The summed E-state index contributed by atoms with van der Waals surface area (Å²) >= 11 is 12.4. The number of carbonyl (C=O) groups excluding carboxylic acids is 2. The highest BCUT2D eigenvalue weighted by molar-refractivity contribution is 7.92. The van der Waals surface area contributed by atoms with Gasteiger partial charge < -0.3 is 10.2 Å². The van der Waals surface area contributed by atoms with Crippen LogP contribution in [0, 0.1) is 12.8 Å². The first-order valence-electron chi connectivity index (χ1n) is 12.4. The predicted molar refractivity (Wildman–Crippen MR) is 152 cm³/mol. The Morgan fingerprint density at radius 1 is 1.08 bits per heavy atom. The van der Waals surface area contributed by atoms with Crippen molar-refractivity contribution in [1.82, 2.24) is 10.2 Å². The summed E-state index contributed by atoms with van der Waals surface area (Å²) in [5, 5.41) is 3.81. The lowest BCUT2D eigenvalue weighted by atomic mass is 10.1. The molecule has 1 N–H and O–H groups in total. The van der Waals surface area contributed by atoms with Crippen LogP contribution < -0.4 is 9.62 Å². The fraction of sp³-hybridized carbons (Fsp3) is 0.481. The summed E-state index contributed by atoms with van der Waals surface area (Å²) in [6.07, 6.45) is 1.92. The van der Waals surface area contributed by atoms with Crippen molar-refractivity contribution in [2.75, 3.05) is 23.7 Å². The second-order valence-electron chi connectivity index (χ2n) is 9.60. The van der Waals surface area contributed by atoms with Crippen molar-refractivity contribution in [1.29, 1.82) is 0 Å². The zero-order valence-corrected chi connectivity index (χ0v) is 24.5. The van der Waals surface area contributed by atoms with Crippen LogP contribution in [0.4, 0.5) is 5.69 Å². The number of carbonyl (C=O) groups is 2. The molecule has 0 unspecified atom stereocenters. The van der Waals surface area contributed by atoms with Gasteiger partial charge in [0, 0.05) is 36.1 Å². The van der Waals surface area contributed by atoms with Crippen LogP contribution >= 0.6 is 23.2 Å². The molecule has 0 aromatic heterocycles. The lowest BCUT2D eigenvalue weighted by Crippen LogP contribution is -2.49. The van der Waals surface area contributed by atoms with Crippen LogP contribution in [0.5, 0.6) is 0 Å². The summed E-state index contributed by atoms with van der Waals surface area (Å²) in [7, 11) is -3.55. The molecule has 7 nitrogen and oxygen atoms in total. The molecule has 2 rings (SSSR count). The third-order valence-electron chi connectivity index (χ3n) is 5.87. The van der Waals surface area contributed by atoms with Crippen molar-refractivity contribution >= 4 is 50.7 Å². The molecular weight excluding hydrogens is 533 g/mol.